The van der Waals surface area contributed by atoms with E-state index in [0.717, 1.165) is 11.3 Å². The zero-order valence-electron chi connectivity index (χ0n) is 11.3. The minimum Gasteiger partial charge on any atom is -0.365 e. The van der Waals surface area contributed by atoms with Crippen molar-refractivity contribution in [2.24, 2.45) is 0 Å². The maximum Gasteiger partial charge on any atom is 0.226 e. The Morgan fingerprint density at radius 1 is 1.10 bits per heavy atom. The molecule has 0 amide bonds. The van der Waals surface area contributed by atoms with Gasteiger partial charge in [-0.3, -0.25) is 0 Å². The maximum atomic E-state index is 6.01. The second-order valence-electron chi connectivity index (χ2n) is 5.88. The van der Waals surface area contributed by atoms with Gasteiger partial charge in [0, 0.05) is 12.1 Å². The van der Waals surface area contributed by atoms with E-state index in [4.69, 9.17) is 11.6 Å². The standard InChI is InChI=1S/C14H18ClN5/c15-14-18-12-11(13(19-14)17-9-6-7-9)20(8-16-12)10-4-2-1-3-5-10/h8-10H,1-7H2,(H,17,18,19). The third kappa shape index (κ3) is 2.24. The molecule has 2 aliphatic carbocycles. The Bertz CT molecular complexity index is 628. The average Bonchev–Trinajstić information content (AvgIpc) is 3.16. The van der Waals surface area contributed by atoms with Crippen LogP contribution < -0.4 is 5.32 Å². The molecule has 1 N–H and O–H groups in total. The van der Waals surface area contributed by atoms with E-state index in [1.54, 1.807) is 0 Å². The molecule has 0 atom stereocenters. The average molecular weight is 292 g/mol. The second kappa shape index (κ2) is 4.88. The van der Waals surface area contributed by atoms with Crippen LogP contribution in [-0.2, 0) is 0 Å². The Kier molecular flexibility index (Phi) is 3.02. The minimum absolute atomic E-state index is 0.273. The van der Waals surface area contributed by atoms with Crippen molar-refractivity contribution in [3.8, 4) is 0 Å². The summed E-state index contributed by atoms with van der Waals surface area (Å²) in [7, 11) is 0. The number of hydrogen-bond donors (Lipinski definition) is 1. The Hall–Kier alpha value is -1.36. The number of imidazole rings is 1. The Balaban J connectivity index is 1.79. The van der Waals surface area contributed by atoms with Gasteiger partial charge < -0.3 is 9.88 Å². The second-order valence-corrected chi connectivity index (χ2v) is 6.21. The molecule has 0 spiro atoms. The van der Waals surface area contributed by atoms with Gasteiger partial charge in [-0.05, 0) is 37.3 Å². The normalized spacial score (nSPS) is 20.4. The third-order valence-electron chi connectivity index (χ3n) is 4.29. The van der Waals surface area contributed by atoms with Crippen LogP contribution >= 0.6 is 11.6 Å². The Morgan fingerprint density at radius 3 is 2.65 bits per heavy atom. The van der Waals surface area contributed by atoms with Gasteiger partial charge in [0.1, 0.15) is 5.52 Å². The van der Waals surface area contributed by atoms with E-state index in [0.29, 0.717) is 17.7 Å². The quantitative estimate of drug-likeness (QED) is 0.879. The molecule has 0 bridgehead atoms. The highest BCUT2D eigenvalue weighted by Gasteiger charge is 2.26. The van der Waals surface area contributed by atoms with E-state index in [1.165, 1.54) is 44.9 Å². The first-order valence-corrected chi connectivity index (χ1v) is 7.85. The van der Waals surface area contributed by atoms with Gasteiger partial charge in [-0.25, -0.2) is 4.98 Å². The Labute approximate surface area is 122 Å². The lowest BCUT2D eigenvalue weighted by molar-refractivity contribution is 0.359. The summed E-state index contributed by atoms with van der Waals surface area (Å²) < 4.78 is 2.26. The molecule has 2 aromatic heterocycles. The van der Waals surface area contributed by atoms with Crippen molar-refractivity contribution in [3.63, 3.8) is 0 Å². The first-order chi connectivity index (χ1) is 9.81. The fraction of sp³-hybridized carbons (Fsp3) is 0.643. The summed E-state index contributed by atoms with van der Waals surface area (Å²) in [6, 6.07) is 1.07. The van der Waals surface area contributed by atoms with Crippen LogP contribution in [0.2, 0.25) is 5.28 Å². The monoisotopic (exact) mass is 291 g/mol. The number of nitrogens with one attached hydrogen (secondary N) is 1. The molecule has 2 aliphatic rings. The fourth-order valence-electron chi connectivity index (χ4n) is 3.08. The molecule has 2 aromatic rings. The highest BCUT2D eigenvalue weighted by molar-refractivity contribution is 6.28. The predicted molar refractivity (Wildman–Crippen MR) is 79.1 cm³/mol. The van der Waals surface area contributed by atoms with Gasteiger partial charge in [0.05, 0.1) is 6.33 Å². The van der Waals surface area contributed by atoms with Crippen LogP contribution in [0.15, 0.2) is 6.33 Å². The summed E-state index contributed by atoms with van der Waals surface area (Å²) in [6.07, 6.45) is 10.7. The number of halogens is 1. The fourth-order valence-corrected chi connectivity index (χ4v) is 3.24. The molecule has 6 heteroatoms. The smallest absolute Gasteiger partial charge is 0.226 e. The van der Waals surface area contributed by atoms with E-state index in [2.05, 4.69) is 24.8 Å². The predicted octanol–water partition coefficient (Wildman–Crippen LogP) is 3.56. The van der Waals surface area contributed by atoms with Crippen molar-refractivity contribution < 1.29 is 0 Å². The van der Waals surface area contributed by atoms with Crippen LogP contribution in [0.1, 0.15) is 51.0 Å². The zero-order chi connectivity index (χ0) is 13.5. The maximum absolute atomic E-state index is 6.01. The van der Waals surface area contributed by atoms with Crippen molar-refractivity contribution in [1.82, 2.24) is 19.5 Å². The molecule has 4 rings (SSSR count). The van der Waals surface area contributed by atoms with Crippen molar-refractivity contribution in [2.45, 2.75) is 57.0 Å². The number of fused-ring (bicyclic) bond motifs is 1. The highest BCUT2D eigenvalue weighted by Crippen LogP contribution is 2.34. The summed E-state index contributed by atoms with van der Waals surface area (Å²) in [5.41, 5.74) is 1.73. The van der Waals surface area contributed by atoms with E-state index in [1.807, 2.05) is 6.33 Å². The molecular weight excluding hydrogens is 274 g/mol. The zero-order valence-corrected chi connectivity index (χ0v) is 12.1. The number of hydrogen-bond acceptors (Lipinski definition) is 4. The number of rotatable bonds is 3. The van der Waals surface area contributed by atoms with Gasteiger partial charge in [-0.15, -0.1) is 0 Å². The van der Waals surface area contributed by atoms with E-state index in [9.17, 15) is 0 Å². The third-order valence-corrected chi connectivity index (χ3v) is 4.46. The van der Waals surface area contributed by atoms with Crippen LogP contribution in [-0.4, -0.2) is 25.6 Å². The highest BCUT2D eigenvalue weighted by atomic mass is 35.5. The summed E-state index contributed by atoms with van der Waals surface area (Å²) in [6.45, 7) is 0. The molecule has 0 aromatic carbocycles. The molecule has 2 fully saturated rings. The molecule has 106 valence electrons. The van der Waals surface area contributed by atoms with Gasteiger partial charge in [-0.1, -0.05) is 19.3 Å². The van der Waals surface area contributed by atoms with Crippen LogP contribution in [0.5, 0.6) is 0 Å². The Morgan fingerprint density at radius 2 is 1.90 bits per heavy atom. The van der Waals surface area contributed by atoms with Crippen molar-refractivity contribution in [1.29, 1.82) is 0 Å². The first kappa shape index (κ1) is 12.4. The van der Waals surface area contributed by atoms with E-state index in [-0.39, 0.29) is 5.28 Å². The first-order valence-electron chi connectivity index (χ1n) is 7.48. The largest absolute Gasteiger partial charge is 0.365 e. The number of anilines is 1. The summed E-state index contributed by atoms with van der Waals surface area (Å²) >= 11 is 6.01. The van der Waals surface area contributed by atoms with Crippen molar-refractivity contribution in [3.05, 3.63) is 11.6 Å². The van der Waals surface area contributed by atoms with E-state index < -0.39 is 0 Å². The SMILES string of the molecule is Clc1nc(NC2CC2)c2c(ncn2C2CCCCC2)n1. The molecular formula is C14H18ClN5. The number of nitrogens with zero attached hydrogens (tertiary/aromatic N) is 4. The molecule has 2 saturated carbocycles. The van der Waals surface area contributed by atoms with Crippen molar-refractivity contribution >= 4 is 28.6 Å². The topological polar surface area (TPSA) is 55.6 Å². The van der Waals surface area contributed by atoms with Gasteiger partial charge in [0.25, 0.3) is 0 Å². The molecule has 2 heterocycles. The van der Waals surface area contributed by atoms with E-state index >= 15 is 0 Å². The molecule has 20 heavy (non-hydrogen) atoms. The molecule has 0 radical (unpaired) electrons. The summed E-state index contributed by atoms with van der Waals surface area (Å²) in [5, 5.41) is 3.74. The van der Waals surface area contributed by atoms with Crippen LogP contribution in [0.3, 0.4) is 0 Å². The molecule has 0 unspecified atom stereocenters. The summed E-state index contributed by atoms with van der Waals surface area (Å²) in [5.74, 6) is 0.852. The molecule has 0 saturated heterocycles. The van der Waals surface area contributed by atoms with Gasteiger partial charge in [0.15, 0.2) is 11.5 Å². The van der Waals surface area contributed by atoms with Gasteiger partial charge >= 0.3 is 0 Å². The minimum atomic E-state index is 0.273. The van der Waals surface area contributed by atoms with Crippen LogP contribution in [0.4, 0.5) is 5.82 Å². The summed E-state index contributed by atoms with van der Waals surface area (Å²) in [4.78, 5) is 13.1. The van der Waals surface area contributed by atoms with Crippen LogP contribution in [0.25, 0.3) is 11.2 Å². The molecule has 5 nitrogen and oxygen atoms in total. The van der Waals surface area contributed by atoms with Gasteiger partial charge in [-0.2, -0.15) is 9.97 Å². The lowest BCUT2D eigenvalue weighted by Crippen LogP contribution is -2.14. The van der Waals surface area contributed by atoms with Crippen LogP contribution in [0, 0.1) is 0 Å². The molecule has 0 aliphatic heterocycles. The number of aromatic nitrogens is 4. The lowest BCUT2D eigenvalue weighted by atomic mass is 9.95. The van der Waals surface area contributed by atoms with Crippen molar-refractivity contribution in [2.75, 3.05) is 5.32 Å². The van der Waals surface area contributed by atoms with Gasteiger partial charge in [0.2, 0.25) is 5.28 Å². The lowest BCUT2D eigenvalue weighted by Gasteiger charge is -2.24.